The van der Waals surface area contributed by atoms with E-state index in [0.717, 1.165) is 23.5 Å². The zero-order chi connectivity index (χ0) is 12.5. The van der Waals surface area contributed by atoms with Crippen molar-refractivity contribution in [2.75, 3.05) is 0 Å². The molecule has 2 heterocycles. The van der Waals surface area contributed by atoms with Gasteiger partial charge in [-0.3, -0.25) is 0 Å². The first-order valence-electron chi connectivity index (χ1n) is 6.00. The van der Waals surface area contributed by atoms with Crippen LogP contribution in [0.15, 0.2) is 49.1 Å². The van der Waals surface area contributed by atoms with Crippen LogP contribution in [-0.4, -0.2) is 5.11 Å². The van der Waals surface area contributed by atoms with E-state index in [0.29, 0.717) is 12.2 Å². The van der Waals surface area contributed by atoms with Crippen LogP contribution in [0.25, 0.3) is 0 Å². The van der Waals surface area contributed by atoms with E-state index < -0.39 is 0 Å². The number of benzene rings is 2. The third-order valence-corrected chi connectivity index (χ3v) is 3.21. The minimum Gasteiger partial charge on any atom is -0.507 e. The molecule has 2 bridgehead atoms. The topological polar surface area (TPSA) is 29.5 Å². The van der Waals surface area contributed by atoms with Crippen LogP contribution in [0.5, 0.6) is 17.2 Å². The van der Waals surface area contributed by atoms with E-state index in [-0.39, 0.29) is 0 Å². The fourth-order valence-electron chi connectivity index (χ4n) is 2.30. The highest BCUT2D eigenvalue weighted by Gasteiger charge is 2.28. The van der Waals surface area contributed by atoms with Gasteiger partial charge in [0, 0.05) is 23.6 Å². The van der Waals surface area contributed by atoms with Crippen LogP contribution in [0.3, 0.4) is 0 Å². The second kappa shape index (κ2) is 4.22. The molecule has 2 aromatic carbocycles. The first kappa shape index (κ1) is 10.9. The Hall–Kier alpha value is -2.22. The molecule has 0 radical (unpaired) electrons. The maximum Gasteiger partial charge on any atom is 0.141 e. The highest BCUT2D eigenvalue weighted by atomic mass is 16.5. The fourth-order valence-corrected chi connectivity index (χ4v) is 2.30. The van der Waals surface area contributed by atoms with Crippen LogP contribution >= 0.6 is 0 Å². The number of fused-ring (bicyclic) bond motifs is 2. The number of hydrogen-bond donors (Lipinski definition) is 1. The Morgan fingerprint density at radius 2 is 1.94 bits per heavy atom. The maximum absolute atomic E-state index is 9.83. The minimum absolute atomic E-state index is 0.308. The predicted molar refractivity (Wildman–Crippen MR) is 71.3 cm³/mol. The normalized spacial score (nSPS) is 11.6. The Bertz CT molecular complexity index is 600. The van der Waals surface area contributed by atoms with Gasteiger partial charge in [-0.25, -0.2) is 0 Å². The summed E-state index contributed by atoms with van der Waals surface area (Å²) >= 11 is 0. The zero-order valence-corrected chi connectivity index (χ0v) is 10.0. The monoisotopic (exact) mass is 238 g/mol. The maximum atomic E-state index is 9.83. The van der Waals surface area contributed by atoms with Crippen molar-refractivity contribution >= 4 is 0 Å². The Morgan fingerprint density at radius 3 is 2.67 bits per heavy atom. The lowest BCUT2D eigenvalue weighted by molar-refractivity contribution is 0.390. The molecule has 0 spiro atoms. The summed E-state index contributed by atoms with van der Waals surface area (Å²) in [4.78, 5) is 0. The quantitative estimate of drug-likeness (QED) is 0.700. The summed E-state index contributed by atoms with van der Waals surface area (Å²) in [5.41, 5.74) is 3.26. The van der Waals surface area contributed by atoms with Crippen molar-refractivity contribution < 1.29 is 9.84 Å². The van der Waals surface area contributed by atoms with Gasteiger partial charge in [-0.2, -0.15) is 0 Å². The highest BCUT2D eigenvalue weighted by Crippen LogP contribution is 2.50. The molecule has 2 nitrogen and oxygen atoms in total. The summed E-state index contributed by atoms with van der Waals surface area (Å²) in [7, 11) is 0. The van der Waals surface area contributed by atoms with Crippen LogP contribution in [0.2, 0.25) is 0 Å². The Balaban J connectivity index is 1.96. The summed E-state index contributed by atoms with van der Waals surface area (Å²) in [5.74, 6) is 1.93. The molecule has 90 valence electrons. The first-order valence-corrected chi connectivity index (χ1v) is 6.00. The van der Waals surface area contributed by atoms with Gasteiger partial charge in [0.2, 0.25) is 0 Å². The lowest BCUT2D eigenvalue weighted by Gasteiger charge is -2.27. The van der Waals surface area contributed by atoms with Crippen molar-refractivity contribution in [2.24, 2.45) is 0 Å². The number of aromatic hydroxyl groups is 1. The molecule has 2 aliphatic rings. The van der Waals surface area contributed by atoms with E-state index in [4.69, 9.17) is 4.74 Å². The van der Waals surface area contributed by atoms with Crippen LogP contribution in [0.1, 0.15) is 16.7 Å². The molecule has 0 saturated carbocycles. The molecule has 0 aromatic heterocycles. The largest absolute Gasteiger partial charge is 0.507 e. The van der Waals surface area contributed by atoms with Gasteiger partial charge in [0.15, 0.2) is 0 Å². The highest BCUT2D eigenvalue weighted by molar-refractivity contribution is 5.66. The van der Waals surface area contributed by atoms with E-state index in [1.807, 2.05) is 18.2 Å². The van der Waals surface area contributed by atoms with Gasteiger partial charge in [-0.1, -0.05) is 36.4 Å². The van der Waals surface area contributed by atoms with Gasteiger partial charge in [-0.15, -0.1) is 6.58 Å². The number of ether oxygens (including phenoxy) is 1. The number of rotatable bonds is 4. The lowest BCUT2D eigenvalue weighted by atomic mass is 9.94. The van der Waals surface area contributed by atoms with Gasteiger partial charge in [-0.05, 0) is 12.0 Å². The van der Waals surface area contributed by atoms with Crippen molar-refractivity contribution in [1.82, 2.24) is 0 Å². The third-order valence-electron chi connectivity index (χ3n) is 3.21. The average Bonchev–Trinajstić information content (AvgIpc) is 2.39. The van der Waals surface area contributed by atoms with E-state index in [2.05, 4.69) is 18.7 Å². The van der Waals surface area contributed by atoms with E-state index in [1.54, 1.807) is 12.1 Å². The molecule has 1 N–H and O–H groups in total. The number of phenols is 1. The number of allylic oxidation sites excluding steroid dienone is 1. The molecule has 0 unspecified atom stereocenters. The molecule has 18 heavy (non-hydrogen) atoms. The van der Waals surface area contributed by atoms with Crippen LogP contribution in [0.4, 0.5) is 0 Å². The molecule has 0 atom stereocenters. The summed E-state index contributed by atoms with van der Waals surface area (Å²) in [6.45, 7) is 3.71. The molecule has 0 aliphatic carbocycles. The summed E-state index contributed by atoms with van der Waals surface area (Å²) in [6.07, 6.45) is 3.25. The third kappa shape index (κ3) is 1.66. The van der Waals surface area contributed by atoms with Gasteiger partial charge in [0.05, 0.1) is 0 Å². The fraction of sp³-hybridized carbons (Fsp3) is 0.125. The van der Waals surface area contributed by atoms with E-state index in [1.165, 1.54) is 11.1 Å². The van der Waals surface area contributed by atoms with Crippen molar-refractivity contribution in [1.29, 1.82) is 0 Å². The molecule has 2 aliphatic heterocycles. The Morgan fingerprint density at radius 1 is 1.17 bits per heavy atom. The standard InChI is InChI=1S/C16H14O2/c1-2-6-12-14(17)10-15-13(16(12)18-15)9-11-7-4-3-5-8-11/h2-5,7-8,10,17H,1,6,9H2. The van der Waals surface area contributed by atoms with E-state index in [9.17, 15) is 5.11 Å². The predicted octanol–water partition coefficient (Wildman–Crippen LogP) is 3.82. The lowest BCUT2D eigenvalue weighted by Crippen LogP contribution is -2.09. The summed E-state index contributed by atoms with van der Waals surface area (Å²) in [5, 5.41) is 9.83. The van der Waals surface area contributed by atoms with Crippen molar-refractivity contribution in [3.63, 3.8) is 0 Å². The second-order valence-corrected chi connectivity index (χ2v) is 4.44. The first-order chi connectivity index (χ1) is 8.79. The minimum atomic E-state index is 0.308. The Labute approximate surface area is 106 Å². The zero-order valence-electron chi connectivity index (χ0n) is 10.0. The van der Waals surface area contributed by atoms with Crippen molar-refractivity contribution in [2.45, 2.75) is 12.8 Å². The van der Waals surface area contributed by atoms with Gasteiger partial charge < -0.3 is 9.84 Å². The van der Waals surface area contributed by atoms with Crippen LogP contribution in [-0.2, 0) is 12.8 Å². The molecule has 0 fully saturated rings. The number of phenolic OH excluding ortho intramolecular Hbond substituents is 1. The molecular formula is C16H14O2. The van der Waals surface area contributed by atoms with Crippen molar-refractivity contribution in [3.8, 4) is 17.2 Å². The molecule has 0 amide bonds. The molecule has 2 heteroatoms. The molecule has 2 aromatic rings. The Kier molecular flexibility index (Phi) is 2.56. The van der Waals surface area contributed by atoms with Gasteiger partial charge in [0.1, 0.15) is 17.2 Å². The molecular weight excluding hydrogens is 224 g/mol. The van der Waals surface area contributed by atoms with Gasteiger partial charge in [0.25, 0.3) is 0 Å². The van der Waals surface area contributed by atoms with Crippen LogP contribution in [0, 0.1) is 0 Å². The van der Waals surface area contributed by atoms with Crippen LogP contribution < -0.4 is 4.74 Å². The van der Waals surface area contributed by atoms with Gasteiger partial charge >= 0.3 is 0 Å². The molecule has 0 saturated heterocycles. The summed E-state index contributed by atoms with van der Waals surface area (Å²) < 4.78 is 5.57. The SMILES string of the molecule is C=CCc1c(O)cc2c(Cc3ccccc3)c1O2. The summed E-state index contributed by atoms with van der Waals surface area (Å²) in [6, 6.07) is 12.0. The van der Waals surface area contributed by atoms with Crippen molar-refractivity contribution in [3.05, 3.63) is 65.7 Å². The van der Waals surface area contributed by atoms with E-state index >= 15 is 0 Å². The smallest absolute Gasteiger partial charge is 0.141 e. The number of hydrogen-bond acceptors (Lipinski definition) is 2. The second-order valence-electron chi connectivity index (χ2n) is 4.44. The average molecular weight is 238 g/mol. The molecule has 4 rings (SSSR count).